The summed E-state index contributed by atoms with van der Waals surface area (Å²) >= 11 is 0. The topological polar surface area (TPSA) is 74.7 Å². The molecule has 6 nitrogen and oxygen atoms in total. The first-order chi connectivity index (χ1) is 15.0. The highest BCUT2D eigenvalue weighted by atomic mass is 16.5. The number of aromatic carboxylic acids is 1. The Balaban J connectivity index is 1.56. The summed E-state index contributed by atoms with van der Waals surface area (Å²) in [7, 11) is 2.06. The molecule has 31 heavy (non-hydrogen) atoms. The minimum Gasteiger partial charge on any atom is -0.493 e. The van der Waals surface area contributed by atoms with Crippen molar-refractivity contribution in [2.75, 3.05) is 30.4 Å². The maximum Gasteiger partial charge on any atom is 0.337 e. The maximum atomic E-state index is 11.5. The molecule has 0 saturated carbocycles. The van der Waals surface area contributed by atoms with Gasteiger partial charge in [-0.15, -0.1) is 0 Å². The molecule has 1 aliphatic rings. The van der Waals surface area contributed by atoms with Crippen molar-refractivity contribution in [3.63, 3.8) is 0 Å². The third-order valence-corrected chi connectivity index (χ3v) is 5.76. The van der Waals surface area contributed by atoms with Crippen LogP contribution < -0.4 is 15.0 Å². The van der Waals surface area contributed by atoms with Gasteiger partial charge < -0.3 is 20.1 Å². The summed E-state index contributed by atoms with van der Waals surface area (Å²) in [6, 6.07) is 16.3. The van der Waals surface area contributed by atoms with Gasteiger partial charge in [0.25, 0.3) is 0 Å². The number of benzene rings is 2. The van der Waals surface area contributed by atoms with Crippen LogP contribution in [0.5, 0.6) is 5.75 Å². The Bertz CT molecular complexity index is 1080. The molecular weight excluding hydrogens is 390 g/mol. The van der Waals surface area contributed by atoms with Gasteiger partial charge in [-0.25, -0.2) is 4.79 Å². The van der Waals surface area contributed by atoms with Gasteiger partial charge in [-0.3, -0.25) is 4.98 Å². The molecule has 0 aliphatic carbocycles. The normalized spacial score (nSPS) is 15.4. The maximum absolute atomic E-state index is 11.5. The zero-order valence-electron chi connectivity index (χ0n) is 17.8. The van der Waals surface area contributed by atoms with Gasteiger partial charge in [0.1, 0.15) is 5.75 Å². The Morgan fingerprint density at radius 2 is 2.06 bits per heavy atom. The van der Waals surface area contributed by atoms with E-state index in [-0.39, 0.29) is 11.5 Å². The van der Waals surface area contributed by atoms with E-state index in [0.717, 1.165) is 35.5 Å². The van der Waals surface area contributed by atoms with Crippen LogP contribution in [0.4, 0.5) is 17.1 Å². The van der Waals surface area contributed by atoms with Crippen LogP contribution in [0.15, 0.2) is 60.9 Å². The van der Waals surface area contributed by atoms with Crippen molar-refractivity contribution in [3.8, 4) is 5.75 Å². The molecule has 1 atom stereocenters. The van der Waals surface area contributed by atoms with Crippen LogP contribution in [0.1, 0.15) is 40.2 Å². The number of hydrogen-bond acceptors (Lipinski definition) is 5. The van der Waals surface area contributed by atoms with Crippen molar-refractivity contribution in [2.24, 2.45) is 0 Å². The number of hydrogen-bond donors (Lipinski definition) is 2. The van der Waals surface area contributed by atoms with Crippen molar-refractivity contribution >= 4 is 23.0 Å². The highest BCUT2D eigenvalue weighted by Gasteiger charge is 2.22. The van der Waals surface area contributed by atoms with Gasteiger partial charge in [-0.1, -0.05) is 18.2 Å². The van der Waals surface area contributed by atoms with Crippen molar-refractivity contribution in [1.29, 1.82) is 0 Å². The number of nitrogens with zero attached hydrogens (tertiary/aromatic N) is 2. The molecule has 2 aromatic carbocycles. The van der Waals surface area contributed by atoms with Crippen LogP contribution in [-0.2, 0) is 0 Å². The number of carbonyl (C=O) groups is 1. The number of carboxylic acids is 1. The summed E-state index contributed by atoms with van der Waals surface area (Å²) < 4.78 is 6.08. The van der Waals surface area contributed by atoms with E-state index in [2.05, 4.69) is 71.6 Å². The van der Waals surface area contributed by atoms with Crippen LogP contribution in [0.2, 0.25) is 0 Å². The summed E-state index contributed by atoms with van der Waals surface area (Å²) in [5, 5.41) is 12.7. The molecule has 0 amide bonds. The van der Waals surface area contributed by atoms with Gasteiger partial charge in [-0.2, -0.15) is 0 Å². The van der Waals surface area contributed by atoms with Gasteiger partial charge in [-0.05, 0) is 55.2 Å². The Morgan fingerprint density at radius 3 is 2.87 bits per heavy atom. The molecule has 3 aromatic rings. The fourth-order valence-electron chi connectivity index (χ4n) is 4.01. The largest absolute Gasteiger partial charge is 0.493 e. The number of pyridine rings is 1. The number of aryl methyl sites for hydroxylation is 1. The summed E-state index contributed by atoms with van der Waals surface area (Å²) in [5.41, 5.74) is 5.33. The molecular formula is C25H27N3O3. The number of rotatable bonds is 6. The molecule has 2 heterocycles. The van der Waals surface area contributed by atoms with Crippen molar-refractivity contribution < 1.29 is 14.6 Å². The van der Waals surface area contributed by atoms with Gasteiger partial charge >= 0.3 is 5.97 Å². The van der Waals surface area contributed by atoms with Crippen molar-refractivity contribution in [3.05, 3.63) is 77.6 Å². The van der Waals surface area contributed by atoms with Crippen LogP contribution in [0.3, 0.4) is 0 Å². The zero-order chi connectivity index (χ0) is 21.8. The van der Waals surface area contributed by atoms with E-state index in [9.17, 15) is 9.90 Å². The van der Waals surface area contributed by atoms with Gasteiger partial charge in [0.05, 0.1) is 24.1 Å². The van der Waals surface area contributed by atoms with Crippen molar-refractivity contribution in [2.45, 2.75) is 25.7 Å². The SMILES string of the molecule is Cc1cccc(N(C)c2ccc3c(c2)OCCC[C@H]3CNc2cnccc2C(=O)O)c1. The number of fused-ring (bicyclic) bond motifs is 1. The zero-order valence-corrected chi connectivity index (χ0v) is 17.8. The van der Waals surface area contributed by atoms with Crippen LogP contribution in [-0.4, -0.2) is 36.3 Å². The molecule has 0 unspecified atom stereocenters. The summed E-state index contributed by atoms with van der Waals surface area (Å²) in [6.45, 7) is 3.39. The lowest BCUT2D eigenvalue weighted by Gasteiger charge is -2.23. The molecule has 0 saturated heterocycles. The van der Waals surface area contributed by atoms with Gasteiger partial charge in [0, 0.05) is 43.1 Å². The predicted octanol–water partition coefficient (Wildman–Crippen LogP) is 5.22. The molecule has 1 aromatic heterocycles. The summed E-state index contributed by atoms with van der Waals surface area (Å²) in [4.78, 5) is 17.7. The number of carboxylic acid groups (broad SMARTS) is 1. The average Bonchev–Trinajstić information content (AvgIpc) is 2.99. The summed E-state index contributed by atoms with van der Waals surface area (Å²) in [6.07, 6.45) is 4.98. The molecule has 0 spiro atoms. The van der Waals surface area contributed by atoms with Crippen LogP contribution in [0.25, 0.3) is 0 Å². The Hall–Kier alpha value is -3.54. The fourth-order valence-corrected chi connectivity index (χ4v) is 4.01. The van der Waals surface area contributed by atoms with Crippen LogP contribution in [0, 0.1) is 6.92 Å². The van der Waals surface area contributed by atoms with Gasteiger partial charge in [0.15, 0.2) is 0 Å². The molecule has 0 fully saturated rings. The monoisotopic (exact) mass is 417 g/mol. The van der Waals surface area contributed by atoms with Crippen LogP contribution >= 0.6 is 0 Å². The van der Waals surface area contributed by atoms with Crippen molar-refractivity contribution in [1.82, 2.24) is 4.98 Å². The van der Waals surface area contributed by atoms with Gasteiger partial charge in [0.2, 0.25) is 0 Å². The lowest BCUT2D eigenvalue weighted by Crippen LogP contribution is -2.15. The molecule has 1 aliphatic heterocycles. The second-order valence-corrected chi connectivity index (χ2v) is 7.92. The van der Waals surface area contributed by atoms with E-state index in [1.54, 1.807) is 6.20 Å². The van der Waals surface area contributed by atoms with E-state index in [4.69, 9.17) is 4.74 Å². The minimum absolute atomic E-state index is 0.220. The summed E-state index contributed by atoms with van der Waals surface area (Å²) in [5.74, 6) is 0.155. The molecule has 0 radical (unpaired) electrons. The lowest BCUT2D eigenvalue weighted by molar-refractivity contribution is 0.0697. The quantitative estimate of drug-likeness (QED) is 0.572. The smallest absolute Gasteiger partial charge is 0.337 e. The number of nitrogens with one attached hydrogen (secondary N) is 1. The third-order valence-electron chi connectivity index (χ3n) is 5.76. The van der Waals surface area contributed by atoms with E-state index >= 15 is 0 Å². The van der Waals surface area contributed by atoms with E-state index in [1.165, 1.54) is 17.8 Å². The predicted molar refractivity (Wildman–Crippen MR) is 123 cm³/mol. The van der Waals surface area contributed by atoms with E-state index in [0.29, 0.717) is 18.8 Å². The molecule has 160 valence electrons. The minimum atomic E-state index is -0.960. The Kier molecular flexibility index (Phi) is 6.07. The highest BCUT2D eigenvalue weighted by molar-refractivity contribution is 5.93. The first kappa shape index (κ1) is 20.7. The standard InChI is InChI=1S/C25H27N3O3/c1-17-5-3-7-19(13-17)28(2)20-8-9-21-18(6-4-12-31-24(21)14-20)15-27-23-16-26-11-10-22(23)25(29)30/h3,5,7-11,13-14,16,18,27H,4,6,12,15H2,1-2H3,(H,29,30)/t18-/m0/s1. The number of anilines is 3. The molecule has 6 heteroatoms. The molecule has 4 rings (SSSR count). The average molecular weight is 418 g/mol. The first-order valence-electron chi connectivity index (χ1n) is 10.5. The Morgan fingerprint density at radius 1 is 1.23 bits per heavy atom. The molecule has 0 bridgehead atoms. The second kappa shape index (κ2) is 9.08. The lowest BCUT2D eigenvalue weighted by atomic mass is 9.93. The second-order valence-electron chi connectivity index (χ2n) is 7.92. The first-order valence-corrected chi connectivity index (χ1v) is 10.5. The number of ether oxygens (including phenoxy) is 1. The van der Waals surface area contributed by atoms with E-state index in [1.807, 2.05) is 0 Å². The fraction of sp³-hybridized carbons (Fsp3) is 0.280. The highest BCUT2D eigenvalue weighted by Crippen LogP contribution is 2.37. The Labute approximate surface area is 182 Å². The van der Waals surface area contributed by atoms with E-state index < -0.39 is 5.97 Å². The third kappa shape index (κ3) is 4.63. The molecule has 2 N–H and O–H groups in total. The number of aromatic nitrogens is 1.